The van der Waals surface area contributed by atoms with Crippen LogP contribution in [0.3, 0.4) is 0 Å². The zero-order valence-electron chi connectivity index (χ0n) is 29.2. The van der Waals surface area contributed by atoms with Gasteiger partial charge in [-0.05, 0) is 66.6 Å². The number of rotatable bonds is 4. The summed E-state index contributed by atoms with van der Waals surface area (Å²) in [6.07, 6.45) is 0. The predicted octanol–water partition coefficient (Wildman–Crippen LogP) is 12.6. The Balaban J connectivity index is 1.29. The number of fused-ring (bicyclic) bond motifs is 5. The van der Waals surface area contributed by atoms with E-state index in [1.54, 1.807) is 0 Å². The Morgan fingerprint density at radius 3 is 1.62 bits per heavy atom. The predicted molar refractivity (Wildman–Crippen MR) is 190 cm³/mol. The van der Waals surface area contributed by atoms with Gasteiger partial charge in [0.25, 0.3) is 0 Å². The summed E-state index contributed by atoms with van der Waals surface area (Å²) < 4.78 is 47.9. The van der Waals surface area contributed by atoms with Gasteiger partial charge in [0.05, 0.1) is 6.85 Å². The third kappa shape index (κ3) is 4.09. The van der Waals surface area contributed by atoms with Gasteiger partial charge in [-0.15, -0.1) is 0 Å². The van der Waals surface area contributed by atoms with Crippen molar-refractivity contribution in [2.75, 3.05) is 0 Å². The lowest BCUT2D eigenvalue weighted by Gasteiger charge is -2.18. The van der Waals surface area contributed by atoms with Crippen LogP contribution in [0.5, 0.6) is 0 Å². The molecular weight excluding hydrogens is 544 g/mol. The van der Waals surface area contributed by atoms with Crippen molar-refractivity contribution < 1.29 is 11.3 Å². The van der Waals surface area contributed by atoms with Crippen molar-refractivity contribution >= 4 is 43.5 Å². The Hall–Kier alpha value is -5.92. The lowest BCUT2D eigenvalue weighted by atomic mass is 9.84. The summed E-state index contributed by atoms with van der Waals surface area (Å²) in [6.45, 7) is 0. The minimum Gasteiger partial charge on any atom is -0.455 e. The minimum atomic E-state index is -0.394. The molecule has 0 unspecified atom stereocenters. The molecule has 0 spiro atoms. The van der Waals surface area contributed by atoms with E-state index >= 15 is 0 Å². The molecule has 1 aromatic heterocycles. The van der Waals surface area contributed by atoms with Crippen LogP contribution >= 0.6 is 0 Å². The minimum absolute atomic E-state index is 0.198. The Labute approximate surface area is 268 Å². The van der Waals surface area contributed by atoms with Crippen LogP contribution in [0.4, 0.5) is 0 Å². The Morgan fingerprint density at radius 2 is 0.933 bits per heavy atom. The molecule has 8 aromatic carbocycles. The smallest absolute Gasteiger partial charge is 0.143 e. The van der Waals surface area contributed by atoms with Crippen molar-refractivity contribution in [1.29, 1.82) is 0 Å². The normalized spacial score (nSPS) is 13.1. The lowest BCUT2D eigenvalue weighted by Crippen LogP contribution is -1.91. The summed E-state index contributed by atoms with van der Waals surface area (Å²) in [5.74, 6) is 0. The highest BCUT2D eigenvalue weighted by Gasteiger charge is 2.21. The van der Waals surface area contributed by atoms with Crippen molar-refractivity contribution in [2.24, 2.45) is 0 Å². The SMILES string of the molecule is [2H]c1c([2H])c([2H])c(-c2ccc(-c3c4ccccc4c(-c4cccc5oc6c(-c7ccccc7)cccc6c45)c4ccccc34)cc2)c([2H])c1[2H]. The van der Waals surface area contributed by atoms with Crippen LogP contribution in [-0.4, -0.2) is 0 Å². The maximum Gasteiger partial charge on any atom is 0.143 e. The first kappa shape index (κ1) is 20.9. The van der Waals surface area contributed by atoms with Crippen LogP contribution < -0.4 is 0 Å². The van der Waals surface area contributed by atoms with Gasteiger partial charge in [-0.2, -0.15) is 0 Å². The summed E-state index contributed by atoms with van der Waals surface area (Å²) in [4.78, 5) is 0. The molecule has 1 heteroatoms. The topological polar surface area (TPSA) is 13.1 Å². The van der Waals surface area contributed by atoms with Gasteiger partial charge in [-0.25, -0.2) is 0 Å². The molecule has 0 aliphatic carbocycles. The third-order valence-electron chi connectivity index (χ3n) is 8.77. The van der Waals surface area contributed by atoms with E-state index in [9.17, 15) is 0 Å². The van der Waals surface area contributed by atoms with Gasteiger partial charge < -0.3 is 4.42 Å². The largest absolute Gasteiger partial charge is 0.455 e. The highest BCUT2D eigenvalue weighted by molar-refractivity contribution is 6.26. The van der Waals surface area contributed by atoms with Gasteiger partial charge in [0.1, 0.15) is 11.2 Å². The van der Waals surface area contributed by atoms with Crippen molar-refractivity contribution in [3.8, 4) is 44.5 Å². The van der Waals surface area contributed by atoms with Gasteiger partial charge in [0, 0.05) is 16.3 Å². The maximum absolute atomic E-state index is 8.48. The highest BCUT2D eigenvalue weighted by atomic mass is 16.3. The molecule has 0 radical (unpaired) electrons. The molecular formula is C44H28O. The van der Waals surface area contributed by atoms with Crippen LogP contribution in [0.2, 0.25) is 0 Å². The third-order valence-corrected chi connectivity index (χ3v) is 8.77. The van der Waals surface area contributed by atoms with Crippen LogP contribution in [0, 0.1) is 0 Å². The maximum atomic E-state index is 8.48. The lowest BCUT2D eigenvalue weighted by molar-refractivity contribution is 0.670. The van der Waals surface area contributed by atoms with Gasteiger partial charge >= 0.3 is 0 Å². The Kier molecular flexibility index (Phi) is 4.81. The molecule has 0 saturated carbocycles. The van der Waals surface area contributed by atoms with Crippen molar-refractivity contribution in [2.45, 2.75) is 0 Å². The van der Waals surface area contributed by atoms with Crippen LogP contribution in [0.15, 0.2) is 174 Å². The molecule has 0 N–H and O–H groups in total. The fourth-order valence-corrected chi connectivity index (χ4v) is 6.83. The first-order chi connectivity index (χ1) is 24.4. The van der Waals surface area contributed by atoms with Crippen LogP contribution in [0.1, 0.15) is 6.85 Å². The summed E-state index contributed by atoms with van der Waals surface area (Å²) in [5.41, 5.74) is 8.91. The fraction of sp³-hybridized carbons (Fsp3) is 0. The molecule has 9 rings (SSSR count). The molecule has 0 bridgehead atoms. The van der Waals surface area contributed by atoms with Crippen molar-refractivity contribution in [3.63, 3.8) is 0 Å². The number of hydrogen-bond acceptors (Lipinski definition) is 1. The van der Waals surface area contributed by atoms with E-state index in [-0.39, 0.29) is 29.7 Å². The average Bonchev–Trinajstić information content (AvgIpc) is 3.55. The number of furan rings is 1. The van der Waals surface area contributed by atoms with E-state index in [1.807, 2.05) is 48.5 Å². The Morgan fingerprint density at radius 1 is 0.378 bits per heavy atom. The number of benzene rings is 8. The zero-order chi connectivity index (χ0) is 34.1. The molecule has 1 heterocycles. The molecule has 0 fully saturated rings. The molecule has 0 amide bonds. The van der Waals surface area contributed by atoms with Gasteiger partial charge in [0.2, 0.25) is 0 Å². The number of hydrogen-bond donors (Lipinski definition) is 0. The van der Waals surface area contributed by atoms with Crippen molar-refractivity contribution in [1.82, 2.24) is 0 Å². The second-order valence-corrected chi connectivity index (χ2v) is 11.2. The molecule has 9 aromatic rings. The van der Waals surface area contributed by atoms with Crippen LogP contribution in [0.25, 0.3) is 88.0 Å². The van der Waals surface area contributed by atoms with E-state index in [1.165, 1.54) is 0 Å². The first-order valence-electron chi connectivity index (χ1n) is 17.5. The standard InChI is InChI=1S/C44H28O/c1-3-13-29(14-4-1)30-25-27-32(28-26-30)41-34-17-7-9-19-36(34)42(37-20-10-8-18-35(37)41)38-22-12-24-40-43(38)39-23-11-21-33(44(39)45-40)31-15-5-2-6-16-31/h1-28H/i1D,3D,4D,13D,14D. The van der Waals surface area contributed by atoms with E-state index < -0.39 is 6.04 Å². The summed E-state index contributed by atoms with van der Waals surface area (Å²) in [6, 6.07) is 46.1. The van der Waals surface area contributed by atoms with Crippen molar-refractivity contribution in [3.05, 3.63) is 170 Å². The monoisotopic (exact) mass is 577 g/mol. The number of para-hydroxylation sites is 1. The van der Waals surface area contributed by atoms with E-state index in [0.29, 0.717) is 5.56 Å². The second kappa shape index (κ2) is 10.4. The molecule has 45 heavy (non-hydrogen) atoms. The van der Waals surface area contributed by atoms with Gasteiger partial charge in [-0.3, -0.25) is 0 Å². The first-order valence-corrected chi connectivity index (χ1v) is 15.0. The average molecular weight is 578 g/mol. The van der Waals surface area contributed by atoms with E-state index in [4.69, 9.17) is 11.3 Å². The molecule has 0 atom stereocenters. The van der Waals surface area contributed by atoms with Crippen LogP contribution in [-0.2, 0) is 0 Å². The second-order valence-electron chi connectivity index (χ2n) is 11.2. The molecule has 0 saturated heterocycles. The fourth-order valence-electron chi connectivity index (χ4n) is 6.83. The van der Waals surface area contributed by atoms with Gasteiger partial charge in [-0.1, -0.05) is 164 Å². The quantitative estimate of drug-likeness (QED) is 0.190. The van der Waals surface area contributed by atoms with E-state index in [0.717, 1.165) is 76.9 Å². The molecule has 0 aliphatic heterocycles. The molecule has 1 nitrogen and oxygen atoms in total. The van der Waals surface area contributed by atoms with Gasteiger partial charge in [0.15, 0.2) is 0 Å². The zero-order valence-corrected chi connectivity index (χ0v) is 24.2. The summed E-state index contributed by atoms with van der Waals surface area (Å²) >= 11 is 0. The summed E-state index contributed by atoms with van der Waals surface area (Å²) in [7, 11) is 0. The highest BCUT2D eigenvalue weighted by Crippen LogP contribution is 2.47. The Bertz CT molecular complexity index is 2720. The molecule has 210 valence electrons. The van der Waals surface area contributed by atoms with E-state index in [2.05, 4.69) is 91.0 Å². The summed E-state index contributed by atoms with van der Waals surface area (Å²) in [5, 5.41) is 6.54. The molecule has 0 aliphatic rings.